The highest BCUT2D eigenvalue weighted by Gasteiger charge is 2.34. The van der Waals surface area contributed by atoms with Gasteiger partial charge in [-0.05, 0) is 35.9 Å². The molecule has 0 atom stereocenters. The summed E-state index contributed by atoms with van der Waals surface area (Å²) in [6, 6.07) is 16.7. The smallest absolute Gasteiger partial charge is 0.284 e. The molecule has 0 saturated carbocycles. The number of rotatable bonds is 4. The largest absolute Gasteiger partial charge is 0.504 e. The first-order valence-corrected chi connectivity index (χ1v) is 11.0. The lowest BCUT2D eigenvalue weighted by atomic mass is 10.1. The summed E-state index contributed by atoms with van der Waals surface area (Å²) in [7, 11) is 1.45. The molecule has 0 bridgehead atoms. The van der Waals surface area contributed by atoms with E-state index in [0.29, 0.717) is 26.7 Å². The van der Waals surface area contributed by atoms with Gasteiger partial charge in [0.05, 0.1) is 22.3 Å². The van der Waals surface area contributed by atoms with E-state index in [1.54, 1.807) is 18.2 Å². The Balaban J connectivity index is 1.63. The number of amidine groups is 1. The van der Waals surface area contributed by atoms with Crippen LogP contribution in [-0.2, 0) is 4.79 Å². The normalized spacial score (nSPS) is 14.9. The topological polar surface area (TPSA) is 75.0 Å². The molecule has 0 aliphatic carbocycles. The first-order chi connectivity index (χ1) is 15.9. The number of aromatic nitrogens is 1. The zero-order valence-corrected chi connectivity index (χ0v) is 18.7. The average Bonchev–Trinajstić information content (AvgIpc) is 3.36. The van der Waals surface area contributed by atoms with Crippen LogP contribution in [0.3, 0.4) is 0 Å². The number of hydrogen-bond acceptors (Lipinski definition) is 6. The Morgan fingerprint density at radius 1 is 1.15 bits per heavy atom. The van der Waals surface area contributed by atoms with Gasteiger partial charge in [0, 0.05) is 5.56 Å². The van der Waals surface area contributed by atoms with Gasteiger partial charge >= 0.3 is 0 Å². The van der Waals surface area contributed by atoms with Crippen LogP contribution in [0.25, 0.3) is 16.3 Å². The molecule has 1 amide bonds. The number of thiazole rings is 1. The van der Waals surface area contributed by atoms with E-state index < -0.39 is 5.82 Å². The maximum atomic E-state index is 14.0. The zero-order chi connectivity index (χ0) is 23.1. The molecule has 0 unspecified atom stereocenters. The number of aromatic hydroxyl groups is 1. The van der Waals surface area contributed by atoms with E-state index in [1.165, 1.54) is 41.5 Å². The highest BCUT2D eigenvalue weighted by atomic mass is 35.5. The Morgan fingerprint density at radius 2 is 1.94 bits per heavy atom. The molecule has 4 aromatic rings. The van der Waals surface area contributed by atoms with E-state index >= 15 is 0 Å². The summed E-state index contributed by atoms with van der Waals surface area (Å²) >= 11 is 7.08. The molecular weight excluding hydrogens is 465 g/mol. The second-order valence-electron chi connectivity index (χ2n) is 7.13. The van der Waals surface area contributed by atoms with Crippen molar-refractivity contribution in [2.24, 2.45) is 4.99 Å². The number of amides is 1. The van der Waals surface area contributed by atoms with Gasteiger partial charge in [-0.25, -0.2) is 19.3 Å². The Bertz CT molecular complexity index is 1430. The number of benzene rings is 3. The van der Waals surface area contributed by atoms with Crippen LogP contribution in [0.5, 0.6) is 11.5 Å². The minimum Gasteiger partial charge on any atom is -0.504 e. The molecular formula is C24H15ClFN3O3S. The molecule has 3 aromatic carbocycles. The molecule has 6 nitrogen and oxygen atoms in total. The van der Waals surface area contributed by atoms with E-state index in [2.05, 4.69) is 9.98 Å². The molecule has 5 rings (SSSR count). The third-order valence-electron chi connectivity index (χ3n) is 5.01. The number of aliphatic imine (C=N–C) groups is 1. The van der Waals surface area contributed by atoms with Gasteiger partial charge in [-0.15, -0.1) is 0 Å². The van der Waals surface area contributed by atoms with Gasteiger partial charge < -0.3 is 9.84 Å². The minimum atomic E-state index is -0.550. The lowest BCUT2D eigenvalue weighted by Gasteiger charge is -2.14. The quantitative estimate of drug-likeness (QED) is 0.384. The Hall–Kier alpha value is -3.75. The summed E-state index contributed by atoms with van der Waals surface area (Å²) in [6.07, 6.45) is 1.61. The number of carbonyl (C=O) groups excluding carboxylic acids is 1. The molecule has 164 valence electrons. The number of phenolic OH excluding ortho intramolecular Hbond substituents is 1. The predicted molar refractivity (Wildman–Crippen MR) is 128 cm³/mol. The third-order valence-corrected chi connectivity index (χ3v) is 6.30. The summed E-state index contributed by atoms with van der Waals surface area (Å²) in [4.78, 5) is 24.0. The number of hydrogen-bond donors (Lipinski definition) is 1. The number of methoxy groups -OCH3 is 1. The van der Waals surface area contributed by atoms with Crippen molar-refractivity contribution in [2.75, 3.05) is 12.0 Å². The lowest BCUT2D eigenvalue weighted by Crippen LogP contribution is -2.32. The molecule has 33 heavy (non-hydrogen) atoms. The van der Waals surface area contributed by atoms with E-state index in [9.17, 15) is 14.3 Å². The number of ether oxygens (including phenoxy) is 1. The minimum absolute atomic E-state index is 0.00660. The van der Waals surface area contributed by atoms with Gasteiger partial charge in [-0.2, -0.15) is 0 Å². The molecule has 1 N–H and O–H groups in total. The van der Waals surface area contributed by atoms with Crippen molar-refractivity contribution in [2.45, 2.75) is 0 Å². The number of phenols is 1. The summed E-state index contributed by atoms with van der Waals surface area (Å²) in [5, 5.41) is 10.2. The predicted octanol–water partition coefficient (Wildman–Crippen LogP) is 5.64. The summed E-state index contributed by atoms with van der Waals surface area (Å²) < 4.78 is 19.7. The van der Waals surface area contributed by atoms with Gasteiger partial charge in [-0.3, -0.25) is 4.79 Å². The Labute approximate surface area is 196 Å². The summed E-state index contributed by atoms with van der Waals surface area (Å²) in [6.45, 7) is 0. The standard InChI is InChI=1S/C24H15ClFN3O3S/c1-32-20-10-13(7-8-19(20)30)9-18-23(31)29(22(27-18)14-5-3-2-4-6-14)24-28-17-11-15(25)16(26)12-21(17)33-24/h2-12,30H,1H3/b18-9-. The van der Waals surface area contributed by atoms with Crippen molar-refractivity contribution in [3.8, 4) is 11.5 Å². The molecule has 1 aliphatic heterocycles. The molecule has 0 saturated heterocycles. The molecule has 1 aliphatic rings. The fraction of sp³-hybridized carbons (Fsp3) is 0.0417. The van der Waals surface area contributed by atoms with Crippen LogP contribution in [0.15, 0.2) is 71.4 Å². The summed E-state index contributed by atoms with van der Waals surface area (Å²) in [5.41, 5.74) is 2.03. The SMILES string of the molecule is COc1cc(/C=C2\N=C(c3ccccc3)N(c3nc4cc(Cl)c(F)cc4s3)C2=O)ccc1O. The molecule has 0 spiro atoms. The number of anilines is 1. The van der Waals surface area contributed by atoms with Crippen LogP contribution >= 0.6 is 22.9 Å². The van der Waals surface area contributed by atoms with Crippen LogP contribution in [0.2, 0.25) is 5.02 Å². The lowest BCUT2D eigenvalue weighted by molar-refractivity contribution is -0.113. The first kappa shape index (κ1) is 21.1. The molecule has 9 heteroatoms. The molecule has 0 fully saturated rings. The number of fused-ring (bicyclic) bond motifs is 1. The van der Waals surface area contributed by atoms with Gasteiger partial charge in [0.15, 0.2) is 16.6 Å². The van der Waals surface area contributed by atoms with Crippen molar-refractivity contribution in [3.63, 3.8) is 0 Å². The molecule has 0 radical (unpaired) electrons. The van der Waals surface area contributed by atoms with E-state index in [1.807, 2.05) is 30.3 Å². The third kappa shape index (κ3) is 3.83. The fourth-order valence-corrected chi connectivity index (χ4v) is 4.55. The van der Waals surface area contributed by atoms with Crippen LogP contribution in [0.1, 0.15) is 11.1 Å². The average molecular weight is 480 g/mol. The van der Waals surface area contributed by atoms with Crippen LogP contribution in [0.4, 0.5) is 9.52 Å². The van der Waals surface area contributed by atoms with Gasteiger partial charge in [-0.1, -0.05) is 59.3 Å². The van der Waals surface area contributed by atoms with Crippen molar-refractivity contribution in [3.05, 3.63) is 88.3 Å². The van der Waals surface area contributed by atoms with Crippen molar-refractivity contribution in [1.82, 2.24) is 4.98 Å². The van der Waals surface area contributed by atoms with Crippen LogP contribution in [0, 0.1) is 5.82 Å². The van der Waals surface area contributed by atoms with Crippen molar-refractivity contribution >= 4 is 56.1 Å². The van der Waals surface area contributed by atoms with Gasteiger partial charge in [0.25, 0.3) is 5.91 Å². The zero-order valence-electron chi connectivity index (χ0n) is 17.1. The highest BCUT2D eigenvalue weighted by Crippen LogP contribution is 2.36. The first-order valence-electron chi connectivity index (χ1n) is 9.77. The summed E-state index contributed by atoms with van der Waals surface area (Å²) in [5.74, 6) is -0.252. The van der Waals surface area contributed by atoms with E-state index in [-0.39, 0.29) is 28.1 Å². The Kier molecular flexibility index (Phi) is 5.32. The fourth-order valence-electron chi connectivity index (χ4n) is 3.42. The molecule has 2 heterocycles. The Morgan fingerprint density at radius 3 is 2.70 bits per heavy atom. The second-order valence-corrected chi connectivity index (χ2v) is 8.55. The number of carbonyl (C=O) groups is 1. The second kappa shape index (κ2) is 8.31. The van der Waals surface area contributed by atoms with Gasteiger partial charge in [0.1, 0.15) is 17.3 Å². The monoisotopic (exact) mass is 479 g/mol. The highest BCUT2D eigenvalue weighted by molar-refractivity contribution is 7.22. The maximum Gasteiger partial charge on any atom is 0.284 e. The molecule has 1 aromatic heterocycles. The van der Waals surface area contributed by atoms with E-state index in [0.717, 1.165) is 5.56 Å². The van der Waals surface area contributed by atoms with Crippen LogP contribution < -0.4 is 9.64 Å². The van der Waals surface area contributed by atoms with Crippen molar-refractivity contribution < 1.29 is 19.0 Å². The van der Waals surface area contributed by atoms with Gasteiger partial charge in [0.2, 0.25) is 0 Å². The van der Waals surface area contributed by atoms with E-state index in [4.69, 9.17) is 16.3 Å². The number of nitrogens with zero attached hydrogens (tertiary/aromatic N) is 3. The maximum absolute atomic E-state index is 14.0. The van der Waals surface area contributed by atoms with Crippen molar-refractivity contribution in [1.29, 1.82) is 0 Å². The van der Waals surface area contributed by atoms with Crippen LogP contribution in [-0.4, -0.2) is 28.9 Å². The number of halogens is 2.